The molecule has 164 valence electrons. The third kappa shape index (κ3) is 4.13. The van der Waals surface area contributed by atoms with Crippen molar-refractivity contribution >= 4 is 34.2 Å². The number of carbonyl (C=O) groups is 2. The van der Waals surface area contributed by atoms with Crippen LogP contribution in [0.5, 0.6) is 0 Å². The summed E-state index contributed by atoms with van der Waals surface area (Å²) in [6.07, 6.45) is 0. The summed E-state index contributed by atoms with van der Waals surface area (Å²) < 4.78 is 7.17. The number of ether oxygens (including phenoxy) is 1. The number of likely N-dealkylation sites (N-methyl/N-ethyl adjacent to an activating group) is 1. The van der Waals surface area contributed by atoms with Crippen molar-refractivity contribution in [3.63, 3.8) is 0 Å². The Bertz CT molecular complexity index is 1250. The molecule has 0 N–H and O–H groups in total. The topological polar surface area (TPSA) is 77.3 Å². The third-order valence-electron chi connectivity index (χ3n) is 5.25. The van der Waals surface area contributed by atoms with Crippen LogP contribution in [-0.2, 0) is 9.53 Å². The molecule has 0 aliphatic carbocycles. The van der Waals surface area contributed by atoms with E-state index in [0.717, 1.165) is 10.6 Å². The summed E-state index contributed by atoms with van der Waals surface area (Å²) in [4.78, 5) is 32.9. The van der Waals surface area contributed by atoms with Gasteiger partial charge in [0.05, 0.1) is 32.9 Å². The van der Waals surface area contributed by atoms with Gasteiger partial charge in [0.1, 0.15) is 0 Å². The van der Waals surface area contributed by atoms with Crippen LogP contribution in [0.15, 0.2) is 53.9 Å². The van der Waals surface area contributed by atoms with Gasteiger partial charge in [-0.25, -0.2) is 14.5 Å². The number of para-hydroxylation sites is 1. The van der Waals surface area contributed by atoms with Crippen LogP contribution in [0.3, 0.4) is 0 Å². The highest BCUT2D eigenvalue weighted by Crippen LogP contribution is 2.31. The maximum Gasteiger partial charge on any atom is 0.339 e. The summed E-state index contributed by atoms with van der Waals surface area (Å²) in [5.41, 5.74) is 3.09. The summed E-state index contributed by atoms with van der Waals surface area (Å²) >= 11 is 1.54. The second kappa shape index (κ2) is 9.32. The van der Waals surface area contributed by atoms with Crippen LogP contribution in [0.25, 0.3) is 27.3 Å². The summed E-state index contributed by atoms with van der Waals surface area (Å²) in [5, 5.41) is 7.23. The number of aryl methyl sites for hydroxylation is 1. The Morgan fingerprint density at radius 1 is 1.09 bits per heavy atom. The van der Waals surface area contributed by atoms with Crippen LogP contribution in [0.1, 0.15) is 29.9 Å². The second-order valence-corrected chi connectivity index (χ2v) is 8.15. The van der Waals surface area contributed by atoms with E-state index in [1.54, 1.807) is 15.6 Å². The zero-order chi connectivity index (χ0) is 22.7. The summed E-state index contributed by atoms with van der Waals surface area (Å²) in [6, 6.07) is 15.3. The maximum absolute atomic E-state index is 13.1. The molecule has 32 heavy (non-hydrogen) atoms. The smallest absolute Gasteiger partial charge is 0.339 e. The first kappa shape index (κ1) is 21.7. The van der Waals surface area contributed by atoms with Gasteiger partial charge in [0.25, 0.3) is 5.91 Å². The number of carbonyl (C=O) groups excluding carboxylic acids is 2. The van der Waals surface area contributed by atoms with Gasteiger partial charge in [-0.2, -0.15) is 5.10 Å². The average Bonchev–Trinajstić information content (AvgIpc) is 3.47. The van der Waals surface area contributed by atoms with Crippen LogP contribution in [-0.4, -0.2) is 51.2 Å². The predicted molar refractivity (Wildman–Crippen MR) is 125 cm³/mol. The van der Waals surface area contributed by atoms with E-state index in [0.29, 0.717) is 41.1 Å². The van der Waals surface area contributed by atoms with Crippen molar-refractivity contribution in [2.75, 3.05) is 19.7 Å². The van der Waals surface area contributed by atoms with Crippen LogP contribution >= 0.6 is 11.3 Å². The minimum atomic E-state index is -0.563. The lowest BCUT2D eigenvalue weighted by Crippen LogP contribution is -2.34. The third-order valence-corrected chi connectivity index (χ3v) is 6.14. The molecule has 0 aliphatic rings. The minimum Gasteiger partial charge on any atom is -0.452 e. The Hall–Kier alpha value is -3.52. The van der Waals surface area contributed by atoms with Crippen LogP contribution in [0.2, 0.25) is 0 Å². The molecule has 0 spiro atoms. The molecule has 0 aliphatic heterocycles. The maximum atomic E-state index is 13.1. The molecule has 1 amide bonds. The first-order valence-electron chi connectivity index (χ1n) is 10.5. The lowest BCUT2D eigenvalue weighted by Gasteiger charge is -2.18. The molecular formula is C24H24N4O3S. The van der Waals surface area contributed by atoms with Gasteiger partial charge in [0, 0.05) is 13.1 Å². The molecule has 0 fully saturated rings. The fourth-order valence-electron chi connectivity index (χ4n) is 3.62. The van der Waals surface area contributed by atoms with Crippen molar-refractivity contribution in [3.05, 3.63) is 65.2 Å². The van der Waals surface area contributed by atoms with Gasteiger partial charge in [-0.05, 0) is 50.4 Å². The van der Waals surface area contributed by atoms with Gasteiger partial charge >= 0.3 is 5.97 Å². The molecule has 0 radical (unpaired) electrons. The van der Waals surface area contributed by atoms with Crippen LogP contribution < -0.4 is 0 Å². The first-order chi connectivity index (χ1) is 15.5. The SMILES string of the molecule is CCN(CC)C(=O)COC(=O)c1cc(-c2cccs2)nc2c1c(C)nn2-c1ccccc1. The number of pyridine rings is 1. The van der Waals surface area contributed by atoms with Crippen molar-refractivity contribution in [2.45, 2.75) is 20.8 Å². The van der Waals surface area contributed by atoms with Crippen LogP contribution in [0, 0.1) is 6.92 Å². The predicted octanol–water partition coefficient (Wildman–Crippen LogP) is 4.48. The molecule has 4 rings (SSSR count). The van der Waals surface area contributed by atoms with Gasteiger partial charge in [0.15, 0.2) is 12.3 Å². The minimum absolute atomic E-state index is 0.219. The lowest BCUT2D eigenvalue weighted by atomic mass is 10.1. The molecule has 0 saturated heterocycles. The van der Waals surface area contributed by atoms with Crippen molar-refractivity contribution in [3.8, 4) is 16.3 Å². The monoisotopic (exact) mass is 448 g/mol. The molecule has 4 aromatic rings. The number of hydrogen-bond donors (Lipinski definition) is 0. The highest BCUT2D eigenvalue weighted by atomic mass is 32.1. The van der Waals surface area contributed by atoms with Gasteiger partial charge in [-0.1, -0.05) is 24.3 Å². The summed E-state index contributed by atoms with van der Waals surface area (Å²) in [5.74, 6) is -0.782. The highest BCUT2D eigenvalue weighted by Gasteiger charge is 2.23. The quantitative estimate of drug-likeness (QED) is 0.390. The van der Waals surface area contributed by atoms with E-state index in [2.05, 4.69) is 5.10 Å². The second-order valence-electron chi connectivity index (χ2n) is 7.21. The number of rotatable bonds is 7. The standard InChI is InChI=1S/C24H24N4O3S/c1-4-27(5-2)21(29)15-31-24(30)18-14-19(20-12-9-13-32-20)25-23-22(18)16(3)26-28(23)17-10-7-6-8-11-17/h6-14H,4-5,15H2,1-3H3. The number of aromatic nitrogens is 3. The number of amides is 1. The number of esters is 1. The first-order valence-corrected chi connectivity index (χ1v) is 11.4. The zero-order valence-electron chi connectivity index (χ0n) is 18.2. The Morgan fingerprint density at radius 3 is 2.50 bits per heavy atom. The molecule has 0 saturated carbocycles. The molecule has 0 bridgehead atoms. The van der Waals surface area contributed by atoms with E-state index in [4.69, 9.17) is 9.72 Å². The molecular weight excluding hydrogens is 424 g/mol. The number of hydrogen-bond acceptors (Lipinski definition) is 6. The summed E-state index contributed by atoms with van der Waals surface area (Å²) in [7, 11) is 0. The van der Waals surface area contributed by atoms with E-state index >= 15 is 0 Å². The Morgan fingerprint density at radius 2 is 1.84 bits per heavy atom. The van der Waals surface area contributed by atoms with Crippen molar-refractivity contribution < 1.29 is 14.3 Å². The van der Waals surface area contributed by atoms with Gasteiger partial charge in [-0.15, -0.1) is 11.3 Å². The Kier molecular flexibility index (Phi) is 6.32. The van der Waals surface area contributed by atoms with Crippen LogP contribution in [0.4, 0.5) is 0 Å². The largest absolute Gasteiger partial charge is 0.452 e. The van der Waals surface area contributed by atoms with Gasteiger partial charge in [0.2, 0.25) is 0 Å². The van der Waals surface area contributed by atoms with E-state index in [9.17, 15) is 9.59 Å². The lowest BCUT2D eigenvalue weighted by molar-refractivity contribution is -0.134. The highest BCUT2D eigenvalue weighted by molar-refractivity contribution is 7.13. The molecule has 7 nitrogen and oxygen atoms in total. The molecule has 0 atom stereocenters. The normalized spacial score (nSPS) is 11.0. The number of fused-ring (bicyclic) bond motifs is 1. The Labute approximate surface area is 190 Å². The molecule has 0 unspecified atom stereocenters. The molecule has 1 aromatic carbocycles. The summed E-state index contributed by atoms with van der Waals surface area (Å²) in [6.45, 7) is 6.46. The van der Waals surface area contributed by atoms with E-state index < -0.39 is 5.97 Å². The zero-order valence-corrected chi connectivity index (χ0v) is 19.1. The van der Waals surface area contributed by atoms with E-state index in [1.807, 2.05) is 68.6 Å². The van der Waals surface area contributed by atoms with Crippen molar-refractivity contribution in [1.29, 1.82) is 0 Å². The number of thiophene rings is 1. The fourth-order valence-corrected chi connectivity index (χ4v) is 4.31. The van der Waals surface area contributed by atoms with E-state index in [-0.39, 0.29) is 12.5 Å². The number of benzene rings is 1. The van der Waals surface area contributed by atoms with E-state index in [1.165, 1.54) is 11.3 Å². The molecule has 3 aromatic heterocycles. The Balaban J connectivity index is 1.80. The average molecular weight is 449 g/mol. The fraction of sp³-hybridized carbons (Fsp3) is 0.250. The van der Waals surface area contributed by atoms with Crippen molar-refractivity contribution in [1.82, 2.24) is 19.7 Å². The van der Waals surface area contributed by atoms with Gasteiger partial charge in [-0.3, -0.25) is 4.79 Å². The van der Waals surface area contributed by atoms with Crippen molar-refractivity contribution in [2.24, 2.45) is 0 Å². The van der Waals surface area contributed by atoms with Gasteiger partial charge < -0.3 is 9.64 Å². The number of nitrogens with zero attached hydrogens (tertiary/aromatic N) is 4. The molecule has 8 heteroatoms. The molecule has 3 heterocycles.